The van der Waals surface area contributed by atoms with Crippen LogP contribution in [0.1, 0.15) is 5.56 Å². The first-order valence-corrected chi connectivity index (χ1v) is 7.95. The number of morpholine rings is 1. The molecule has 0 saturated carbocycles. The molecule has 1 aliphatic rings. The van der Waals surface area contributed by atoms with E-state index >= 15 is 0 Å². The van der Waals surface area contributed by atoms with Crippen molar-refractivity contribution in [2.24, 2.45) is 0 Å². The van der Waals surface area contributed by atoms with Gasteiger partial charge < -0.3 is 23.8 Å². The molecule has 2 rings (SSSR count). The summed E-state index contributed by atoms with van der Waals surface area (Å²) in [6.45, 7) is 1.64. The van der Waals surface area contributed by atoms with Crippen molar-refractivity contribution in [1.82, 2.24) is 4.90 Å². The average Bonchev–Trinajstić information content (AvgIpc) is 2.67. The Kier molecular flexibility index (Phi) is 7.14. The van der Waals surface area contributed by atoms with Crippen LogP contribution in [0.15, 0.2) is 23.8 Å². The number of methoxy groups -OCH3 is 2. The Morgan fingerprint density at radius 2 is 2.00 bits per heavy atom. The van der Waals surface area contributed by atoms with E-state index in [1.54, 1.807) is 17.0 Å². The Morgan fingerprint density at radius 3 is 2.62 bits per heavy atom. The lowest BCUT2D eigenvalue weighted by Gasteiger charge is -2.26. The van der Waals surface area contributed by atoms with E-state index in [0.717, 1.165) is 0 Å². The first-order valence-electron chi connectivity index (χ1n) is 7.95. The minimum absolute atomic E-state index is 0.0121. The number of ether oxygens (including phenoxy) is 4. The monoisotopic (exact) mass is 360 g/mol. The van der Waals surface area contributed by atoms with Crippen molar-refractivity contribution in [3.8, 4) is 17.6 Å². The van der Waals surface area contributed by atoms with Crippen molar-refractivity contribution in [3.63, 3.8) is 0 Å². The second-order valence-electron chi connectivity index (χ2n) is 5.39. The van der Waals surface area contributed by atoms with Gasteiger partial charge in [0.05, 0.1) is 20.3 Å². The molecule has 8 heteroatoms. The van der Waals surface area contributed by atoms with Gasteiger partial charge in [0.2, 0.25) is 0 Å². The largest absolute Gasteiger partial charge is 0.493 e. The van der Waals surface area contributed by atoms with Crippen LogP contribution in [0.3, 0.4) is 0 Å². The molecule has 1 heterocycles. The zero-order valence-corrected chi connectivity index (χ0v) is 14.7. The molecule has 8 nitrogen and oxygen atoms in total. The summed E-state index contributed by atoms with van der Waals surface area (Å²) in [6.07, 6.45) is 1.47. The Morgan fingerprint density at radius 1 is 1.27 bits per heavy atom. The van der Waals surface area contributed by atoms with Gasteiger partial charge in [-0.15, -0.1) is 0 Å². The Bertz CT molecular complexity index is 732. The molecule has 1 aromatic rings. The van der Waals surface area contributed by atoms with Crippen molar-refractivity contribution in [1.29, 1.82) is 5.26 Å². The van der Waals surface area contributed by atoms with Gasteiger partial charge in [-0.25, -0.2) is 4.79 Å². The number of amides is 1. The highest BCUT2D eigenvalue weighted by Crippen LogP contribution is 2.29. The number of nitrogens with zero attached hydrogens (tertiary/aromatic N) is 2. The summed E-state index contributed by atoms with van der Waals surface area (Å²) < 4.78 is 20.3. The van der Waals surface area contributed by atoms with E-state index in [1.165, 1.54) is 26.4 Å². The van der Waals surface area contributed by atoms with Crippen molar-refractivity contribution in [2.45, 2.75) is 0 Å². The number of hydrogen-bond donors (Lipinski definition) is 0. The fourth-order valence-electron chi connectivity index (χ4n) is 2.37. The molecule has 0 aliphatic carbocycles. The molecule has 1 aromatic carbocycles. The maximum Gasteiger partial charge on any atom is 0.337 e. The third kappa shape index (κ3) is 5.05. The Labute approximate surface area is 151 Å². The lowest BCUT2D eigenvalue weighted by molar-refractivity contribution is -0.138. The van der Waals surface area contributed by atoms with Gasteiger partial charge in [-0.1, -0.05) is 6.07 Å². The summed E-state index contributed by atoms with van der Waals surface area (Å²) in [5.41, 5.74) is 0.588. The molecule has 0 unspecified atom stereocenters. The van der Waals surface area contributed by atoms with Crippen molar-refractivity contribution in [3.05, 3.63) is 29.3 Å². The Balaban J connectivity index is 2.20. The third-order valence-corrected chi connectivity index (χ3v) is 3.63. The second kappa shape index (κ2) is 9.56. The highest BCUT2D eigenvalue weighted by molar-refractivity contribution is 6.01. The number of esters is 1. The van der Waals surface area contributed by atoms with E-state index < -0.39 is 5.97 Å². The van der Waals surface area contributed by atoms with E-state index in [-0.39, 0.29) is 23.8 Å². The third-order valence-electron chi connectivity index (χ3n) is 3.63. The van der Waals surface area contributed by atoms with Crippen molar-refractivity contribution in [2.75, 3.05) is 47.1 Å². The van der Waals surface area contributed by atoms with Crippen LogP contribution in [-0.4, -0.2) is 63.9 Å². The van der Waals surface area contributed by atoms with Gasteiger partial charge in [0.15, 0.2) is 11.5 Å². The highest BCUT2D eigenvalue weighted by Gasteiger charge is 2.20. The van der Waals surface area contributed by atoms with Crippen LogP contribution in [-0.2, 0) is 19.1 Å². The molecular formula is C18H20N2O6. The molecule has 0 spiro atoms. The second-order valence-corrected chi connectivity index (χ2v) is 5.39. The highest BCUT2D eigenvalue weighted by atomic mass is 16.6. The lowest BCUT2D eigenvalue weighted by Crippen LogP contribution is -2.41. The molecule has 26 heavy (non-hydrogen) atoms. The van der Waals surface area contributed by atoms with Crippen LogP contribution in [0.5, 0.6) is 11.5 Å². The molecule has 0 radical (unpaired) electrons. The molecule has 0 aromatic heterocycles. The number of nitriles is 1. The predicted molar refractivity (Wildman–Crippen MR) is 91.5 cm³/mol. The minimum Gasteiger partial charge on any atom is -0.493 e. The van der Waals surface area contributed by atoms with Gasteiger partial charge in [-0.2, -0.15) is 5.26 Å². The van der Waals surface area contributed by atoms with E-state index in [1.807, 2.05) is 6.07 Å². The van der Waals surface area contributed by atoms with Crippen LogP contribution >= 0.6 is 0 Å². The van der Waals surface area contributed by atoms with Crippen LogP contribution in [0.4, 0.5) is 0 Å². The summed E-state index contributed by atoms with van der Waals surface area (Å²) in [7, 11) is 2.82. The molecule has 0 atom stereocenters. The number of rotatable bonds is 6. The smallest absolute Gasteiger partial charge is 0.337 e. The maximum atomic E-state index is 12.4. The molecule has 1 amide bonds. The van der Waals surface area contributed by atoms with Gasteiger partial charge in [-0.05, 0) is 23.8 Å². The first-order chi connectivity index (χ1) is 12.6. The van der Waals surface area contributed by atoms with Crippen LogP contribution in [0.2, 0.25) is 0 Å². The van der Waals surface area contributed by atoms with Gasteiger partial charge in [0.25, 0.3) is 5.91 Å². The molecule has 1 saturated heterocycles. The van der Waals surface area contributed by atoms with Gasteiger partial charge in [0.1, 0.15) is 18.2 Å². The zero-order valence-electron chi connectivity index (χ0n) is 14.7. The summed E-state index contributed by atoms with van der Waals surface area (Å²) in [5, 5.41) is 9.34. The number of benzene rings is 1. The van der Waals surface area contributed by atoms with Crippen LogP contribution in [0, 0.1) is 11.3 Å². The normalized spacial score (nSPS) is 14.5. The minimum atomic E-state index is -0.561. The topological polar surface area (TPSA) is 98.1 Å². The fourth-order valence-corrected chi connectivity index (χ4v) is 2.37. The van der Waals surface area contributed by atoms with Gasteiger partial charge in [-0.3, -0.25) is 4.79 Å². The molecule has 0 N–H and O–H groups in total. The standard InChI is InChI=1S/C18H20N2O6/c1-23-12-17(21)26-15-4-3-13(10-16(15)24-2)9-14(11-19)18(22)20-5-7-25-8-6-20/h3-4,9-10H,5-8,12H2,1-2H3/b14-9+. The average molecular weight is 360 g/mol. The maximum absolute atomic E-state index is 12.4. The zero-order chi connectivity index (χ0) is 18.9. The Hall–Kier alpha value is -2.89. The van der Waals surface area contributed by atoms with Crippen LogP contribution < -0.4 is 9.47 Å². The first kappa shape index (κ1) is 19.4. The summed E-state index contributed by atoms with van der Waals surface area (Å²) >= 11 is 0. The lowest BCUT2D eigenvalue weighted by atomic mass is 10.1. The van der Waals surface area contributed by atoms with E-state index in [2.05, 4.69) is 0 Å². The van der Waals surface area contributed by atoms with Gasteiger partial charge in [0, 0.05) is 20.2 Å². The quantitative estimate of drug-likeness (QED) is 0.323. The fraction of sp³-hybridized carbons (Fsp3) is 0.389. The predicted octanol–water partition coefficient (Wildman–Crippen LogP) is 1.01. The molecule has 1 aliphatic heterocycles. The van der Waals surface area contributed by atoms with E-state index in [0.29, 0.717) is 37.6 Å². The summed E-state index contributed by atoms with van der Waals surface area (Å²) in [4.78, 5) is 25.6. The van der Waals surface area contributed by atoms with Gasteiger partial charge >= 0.3 is 5.97 Å². The summed E-state index contributed by atoms with van der Waals surface area (Å²) in [5.74, 6) is -0.372. The molecular weight excluding hydrogens is 340 g/mol. The molecule has 0 bridgehead atoms. The van der Waals surface area contributed by atoms with E-state index in [4.69, 9.17) is 18.9 Å². The molecule has 1 fully saturated rings. The number of carbonyl (C=O) groups is 2. The summed E-state index contributed by atoms with van der Waals surface area (Å²) in [6, 6.07) is 6.68. The van der Waals surface area contributed by atoms with Crippen LogP contribution in [0.25, 0.3) is 6.08 Å². The van der Waals surface area contributed by atoms with Crippen molar-refractivity contribution < 1.29 is 28.5 Å². The van der Waals surface area contributed by atoms with E-state index in [9.17, 15) is 14.9 Å². The van der Waals surface area contributed by atoms with Crippen molar-refractivity contribution >= 4 is 18.0 Å². The number of hydrogen-bond acceptors (Lipinski definition) is 7. The SMILES string of the molecule is COCC(=O)Oc1ccc(/C=C(\C#N)C(=O)N2CCOCC2)cc1OC. The number of carbonyl (C=O) groups excluding carboxylic acids is 2. The molecule has 138 valence electrons.